The molecule has 2 N–H and O–H groups in total. The summed E-state index contributed by atoms with van der Waals surface area (Å²) in [7, 11) is 1.62. The summed E-state index contributed by atoms with van der Waals surface area (Å²) in [4.78, 5) is 30.6. The number of fused-ring (bicyclic) bond motifs is 1. The second-order valence-electron chi connectivity index (χ2n) is 7.45. The van der Waals surface area contributed by atoms with E-state index in [0.29, 0.717) is 16.4 Å². The van der Waals surface area contributed by atoms with Gasteiger partial charge in [0.15, 0.2) is 5.13 Å². The number of anilines is 2. The lowest BCUT2D eigenvalue weighted by molar-refractivity contribution is -0.115. The zero-order valence-electron chi connectivity index (χ0n) is 18.4. The van der Waals surface area contributed by atoms with E-state index in [-0.39, 0.29) is 17.1 Å². The van der Waals surface area contributed by atoms with Gasteiger partial charge in [-0.05, 0) is 62.4 Å². The minimum atomic E-state index is -0.352. The Kier molecular flexibility index (Phi) is 6.96. The van der Waals surface area contributed by atoms with Gasteiger partial charge in [-0.25, -0.2) is 4.98 Å². The van der Waals surface area contributed by atoms with Crippen LogP contribution in [0.4, 0.5) is 10.8 Å². The van der Waals surface area contributed by atoms with Gasteiger partial charge in [0, 0.05) is 16.1 Å². The molecule has 1 aromatic heterocycles. The number of aromatic nitrogens is 1. The summed E-state index contributed by atoms with van der Waals surface area (Å²) in [5.74, 6) is 0.442. The van der Waals surface area contributed by atoms with Gasteiger partial charge >= 0.3 is 0 Å². The molecule has 0 bridgehead atoms. The van der Waals surface area contributed by atoms with E-state index in [0.717, 1.165) is 26.4 Å². The summed E-state index contributed by atoms with van der Waals surface area (Å²) in [6, 6.07) is 20.5. The molecule has 33 heavy (non-hydrogen) atoms. The van der Waals surface area contributed by atoms with E-state index in [4.69, 9.17) is 4.74 Å². The summed E-state index contributed by atoms with van der Waals surface area (Å²) < 4.78 is 6.19. The maximum atomic E-state index is 12.7. The van der Waals surface area contributed by atoms with E-state index >= 15 is 0 Å². The van der Waals surface area contributed by atoms with Gasteiger partial charge in [-0.1, -0.05) is 35.1 Å². The molecule has 1 unspecified atom stereocenters. The molecule has 0 fully saturated rings. The van der Waals surface area contributed by atoms with Crippen LogP contribution in [0, 0.1) is 6.92 Å². The number of thioether (sulfide) groups is 1. The highest BCUT2D eigenvalue weighted by molar-refractivity contribution is 8.00. The molecule has 0 saturated carbocycles. The van der Waals surface area contributed by atoms with Crippen molar-refractivity contribution in [3.05, 3.63) is 77.9 Å². The fourth-order valence-corrected chi connectivity index (χ4v) is 4.93. The molecule has 0 spiro atoms. The standard InChI is InChI=1S/C25H23N3O3S2/c1-15-7-9-17(10-8-15)24(30)26-18-5-4-6-20(13-18)32-16(2)23(29)28-25-27-21-12-11-19(31-3)14-22(21)33-25/h4-14,16H,1-3H3,(H,26,30)(H,27,28,29). The Morgan fingerprint density at radius 2 is 1.82 bits per heavy atom. The number of thiazole rings is 1. The number of aryl methyl sites for hydroxylation is 1. The third-order valence-corrected chi connectivity index (χ3v) is 6.94. The molecule has 1 atom stereocenters. The minimum Gasteiger partial charge on any atom is -0.497 e. The van der Waals surface area contributed by atoms with Crippen LogP contribution < -0.4 is 15.4 Å². The van der Waals surface area contributed by atoms with E-state index in [1.807, 2.05) is 68.4 Å². The number of methoxy groups -OCH3 is 1. The van der Waals surface area contributed by atoms with Crippen molar-refractivity contribution in [3.8, 4) is 5.75 Å². The molecule has 0 aliphatic heterocycles. The van der Waals surface area contributed by atoms with E-state index in [9.17, 15) is 9.59 Å². The first-order chi connectivity index (χ1) is 15.9. The van der Waals surface area contributed by atoms with Crippen molar-refractivity contribution in [2.45, 2.75) is 24.0 Å². The van der Waals surface area contributed by atoms with E-state index < -0.39 is 0 Å². The lowest BCUT2D eigenvalue weighted by Gasteiger charge is -2.12. The van der Waals surface area contributed by atoms with Gasteiger partial charge in [0.2, 0.25) is 5.91 Å². The van der Waals surface area contributed by atoms with Gasteiger partial charge in [0.1, 0.15) is 5.75 Å². The topological polar surface area (TPSA) is 80.3 Å². The van der Waals surface area contributed by atoms with Gasteiger partial charge < -0.3 is 15.4 Å². The van der Waals surface area contributed by atoms with Crippen LogP contribution in [0.25, 0.3) is 10.2 Å². The Bertz CT molecular complexity index is 1300. The molecule has 1 heterocycles. The van der Waals surface area contributed by atoms with E-state index in [1.165, 1.54) is 23.1 Å². The monoisotopic (exact) mass is 477 g/mol. The second-order valence-corrected chi connectivity index (χ2v) is 9.89. The molecular formula is C25H23N3O3S2. The highest BCUT2D eigenvalue weighted by Gasteiger charge is 2.17. The summed E-state index contributed by atoms with van der Waals surface area (Å²) in [5, 5.41) is 6.01. The summed E-state index contributed by atoms with van der Waals surface area (Å²) in [6.45, 7) is 3.82. The molecule has 0 radical (unpaired) electrons. The molecule has 4 aromatic rings. The normalized spacial score (nSPS) is 11.7. The fraction of sp³-hybridized carbons (Fsp3) is 0.160. The van der Waals surface area contributed by atoms with E-state index in [2.05, 4.69) is 15.6 Å². The summed E-state index contributed by atoms with van der Waals surface area (Å²) >= 11 is 2.82. The summed E-state index contributed by atoms with van der Waals surface area (Å²) in [5.41, 5.74) is 3.19. The average Bonchev–Trinajstić information content (AvgIpc) is 3.21. The van der Waals surface area contributed by atoms with Crippen LogP contribution in [0.5, 0.6) is 5.75 Å². The van der Waals surface area contributed by atoms with Crippen molar-refractivity contribution < 1.29 is 14.3 Å². The quantitative estimate of drug-likeness (QED) is 0.320. The van der Waals surface area contributed by atoms with Gasteiger partial charge in [0.05, 0.1) is 22.6 Å². The number of carbonyl (C=O) groups is 2. The number of nitrogens with zero attached hydrogens (tertiary/aromatic N) is 1. The smallest absolute Gasteiger partial charge is 0.255 e. The van der Waals surface area contributed by atoms with Gasteiger partial charge in [0.25, 0.3) is 5.91 Å². The Morgan fingerprint density at radius 3 is 2.58 bits per heavy atom. The van der Waals surface area contributed by atoms with Crippen molar-refractivity contribution in [2.75, 3.05) is 17.7 Å². The third-order valence-electron chi connectivity index (χ3n) is 4.91. The van der Waals surface area contributed by atoms with Gasteiger partial charge in [-0.2, -0.15) is 0 Å². The fourth-order valence-electron chi connectivity index (χ4n) is 3.11. The Balaban J connectivity index is 1.38. The van der Waals surface area contributed by atoms with Gasteiger partial charge in [-0.3, -0.25) is 9.59 Å². The molecule has 168 valence electrons. The Hall–Kier alpha value is -3.36. The van der Waals surface area contributed by atoms with Crippen molar-refractivity contribution in [3.63, 3.8) is 0 Å². The van der Waals surface area contributed by atoms with Crippen molar-refractivity contribution in [1.29, 1.82) is 0 Å². The van der Waals surface area contributed by atoms with Crippen LogP contribution in [-0.4, -0.2) is 29.2 Å². The molecule has 4 rings (SSSR count). The molecule has 6 nitrogen and oxygen atoms in total. The second kappa shape index (κ2) is 10.1. The highest BCUT2D eigenvalue weighted by Crippen LogP contribution is 2.31. The number of benzene rings is 3. The minimum absolute atomic E-state index is 0.139. The van der Waals surface area contributed by atoms with Crippen LogP contribution >= 0.6 is 23.1 Å². The Morgan fingerprint density at radius 1 is 1.03 bits per heavy atom. The first-order valence-corrected chi connectivity index (χ1v) is 12.0. The number of ether oxygens (including phenoxy) is 1. The van der Waals surface area contributed by atoms with Crippen LogP contribution in [-0.2, 0) is 4.79 Å². The number of hydrogen-bond acceptors (Lipinski definition) is 6. The molecule has 0 aliphatic rings. The molecular weight excluding hydrogens is 454 g/mol. The average molecular weight is 478 g/mol. The third kappa shape index (κ3) is 5.71. The van der Waals surface area contributed by atoms with E-state index in [1.54, 1.807) is 19.2 Å². The Labute approximate surface area is 200 Å². The van der Waals surface area contributed by atoms with Crippen LogP contribution in [0.2, 0.25) is 0 Å². The number of rotatable bonds is 7. The van der Waals surface area contributed by atoms with Crippen molar-refractivity contribution in [2.24, 2.45) is 0 Å². The number of hydrogen-bond donors (Lipinski definition) is 2. The summed E-state index contributed by atoms with van der Waals surface area (Å²) in [6.07, 6.45) is 0. The number of carbonyl (C=O) groups excluding carboxylic acids is 2. The van der Waals surface area contributed by atoms with Crippen molar-refractivity contribution in [1.82, 2.24) is 4.98 Å². The molecule has 8 heteroatoms. The first kappa shape index (κ1) is 22.8. The first-order valence-electron chi connectivity index (χ1n) is 10.3. The molecule has 0 aliphatic carbocycles. The molecule has 3 aromatic carbocycles. The van der Waals surface area contributed by atoms with Crippen molar-refractivity contribution >= 4 is 55.9 Å². The van der Waals surface area contributed by atoms with Crippen LogP contribution in [0.1, 0.15) is 22.8 Å². The molecule has 2 amide bonds. The predicted molar refractivity (Wildman–Crippen MR) is 136 cm³/mol. The lowest BCUT2D eigenvalue weighted by Crippen LogP contribution is -2.22. The maximum absolute atomic E-state index is 12.7. The SMILES string of the molecule is COc1ccc2nc(NC(=O)C(C)Sc3cccc(NC(=O)c4ccc(C)cc4)c3)sc2c1. The highest BCUT2D eigenvalue weighted by atomic mass is 32.2. The largest absolute Gasteiger partial charge is 0.497 e. The zero-order chi connectivity index (χ0) is 23.4. The molecule has 0 saturated heterocycles. The maximum Gasteiger partial charge on any atom is 0.255 e. The number of nitrogens with one attached hydrogen (secondary N) is 2. The zero-order valence-corrected chi connectivity index (χ0v) is 20.0. The number of amides is 2. The van der Waals surface area contributed by atoms with Gasteiger partial charge in [-0.15, -0.1) is 11.8 Å². The van der Waals surface area contributed by atoms with Crippen LogP contribution in [0.3, 0.4) is 0 Å². The predicted octanol–water partition coefficient (Wildman–Crippen LogP) is 5.98. The van der Waals surface area contributed by atoms with Crippen LogP contribution in [0.15, 0.2) is 71.6 Å². The lowest BCUT2D eigenvalue weighted by atomic mass is 10.1.